The van der Waals surface area contributed by atoms with Crippen LogP contribution in [0.3, 0.4) is 0 Å². The Balaban J connectivity index is 1.56. The Morgan fingerprint density at radius 1 is 0.968 bits per heavy atom. The molecule has 0 aliphatic rings. The van der Waals surface area contributed by atoms with Crippen LogP contribution in [0.4, 0.5) is 4.39 Å². The number of aromatic nitrogens is 3. The van der Waals surface area contributed by atoms with E-state index >= 15 is 0 Å². The zero-order chi connectivity index (χ0) is 21.3. The summed E-state index contributed by atoms with van der Waals surface area (Å²) < 4.78 is 16.8. The second kappa shape index (κ2) is 9.99. The number of pyridine rings is 1. The van der Waals surface area contributed by atoms with E-state index in [1.807, 2.05) is 48.5 Å². The van der Waals surface area contributed by atoms with E-state index in [4.69, 9.17) is 4.84 Å². The fourth-order valence-electron chi connectivity index (χ4n) is 2.87. The van der Waals surface area contributed by atoms with Gasteiger partial charge in [0.15, 0.2) is 6.61 Å². The van der Waals surface area contributed by atoms with Crippen LogP contribution in [-0.2, 0) is 18.0 Å². The van der Waals surface area contributed by atoms with Crippen LogP contribution in [0.1, 0.15) is 22.4 Å². The van der Waals surface area contributed by atoms with Crippen LogP contribution in [0.25, 0.3) is 0 Å². The van der Waals surface area contributed by atoms with E-state index in [-0.39, 0.29) is 6.61 Å². The average Bonchev–Trinajstić information content (AvgIpc) is 3.32. The largest absolute Gasteiger partial charge is 0.389 e. The second-order valence-corrected chi connectivity index (χ2v) is 6.68. The number of nitrogens with zero attached hydrogens (tertiary/aromatic N) is 4. The lowest BCUT2D eigenvalue weighted by Gasteiger charge is -2.09. The normalized spacial score (nSPS) is 10.9. The lowest BCUT2D eigenvalue weighted by Crippen LogP contribution is -2.13. The van der Waals surface area contributed by atoms with Crippen molar-refractivity contribution in [2.75, 3.05) is 0 Å². The Bertz CT molecular complexity index is 1210. The molecule has 0 N–H and O–H groups in total. The summed E-state index contributed by atoms with van der Waals surface area (Å²) in [6, 6.07) is 20.0. The summed E-state index contributed by atoms with van der Waals surface area (Å²) in [5, 5.41) is 4.20. The van der Waals surface area contributed by atoms with Crippen molar-refractivity contribution < 1.29 is 9.23 Å². The van der Waals surface area contributed by atoms with Crippen molar-refractivity contribution >= 4 is 5.71 Å². The van der Waals surface area contributed by atoms with E-state index in [0.29, 0.717) is 23.4 Å². The molecule has 0 saturated carbocycles. The first-order chi connectivity index (χ1) is 15.3. The van der Waals surface area contributed by atoms with Crippen molar-refractivity contribution in [2.45, 2.75) is 13.2 Å². The van der Waals surface area contributed by atoms with Gasteiger partial charge in [0.25, 0.3) is 0 Å². The summed E-state index contributed by atoms with van der Waals surface area (Å²) in [6.07, 6.45) is 6.77. The molecule has 0 spiro atoms. The van der Waals surface area contributed by atoms with Gasteiger partial charge in [0, 0.05) is 35.3 Å². The van der Waals surface area contributed by atoms with Crippen LogP contribution in [0.15, 0.2) is 96.8 Å². The number of halogens is 1. The van der Waals surface area contributed by atoms with Crippen molar-refractivity contribution in [3.05, 3.63) is 120 Å². The summed E-state index contributed by atoms with van der Waals surface area (Å²) in [6.45, 7) is 0.505. The number of hydrogen-bond donors (Lipinski definition) is 0. The molecule has 5 nitrogen and oxygen atoms in total. The minimum atomic E-state index is -0.417. The first-order valence-corrected chi connectivity index (χ1v) is 9.69. The number of rotatable bonds is 6. The Morgan fingerprint density at radius 2 is 1.81 bits per heavy atom. The van der Waals surface area contributed by atoms with E-state index in [0.717, 1.165) is 11.3 Å². The first kappa shape index (κ1) is 20.0. The summed E-state index contributed by atoms with van der Waals surface area (Å²) in [7, 11) is 0. The summed E-state index contributed by atoms with van der Waals surface area (Å²) in [4.78, 5) is 13.7. The molecular weight excluding hydrogens is 391 g/mol. The van der Waals surface area contributed by atoms with Gasteiger partial charge in [0.05, 0.1) is 18.6 Å². The maximum Gasteiger partial charge on any atom is 0.159 e. The third kappa shape index (κ3) is 5.64. The maximum absolute atomic E-state index is 15.0. The predicted molar refractivity (Wildman–Crippen MR) is 117 cm³/mol. The predicted octanol–water partition coefficient (Wildman–Crippen LogP) is 4.44. The highest BCUT2D eigenvalue weighted by Crippen LogP contribution is 2.14. The van der Waals surface area contributed by atoms with Gasteiger partial charge in [-0.25, -0.2) is 9.37 Å². The lowest BCUT2D eigenvalue weighted by molar-refractivity contribution is 0.127. The fourth-order valence-corrected chi connectivity index (χ4v) is 2.87. The standard InChI is InChI=1S/C25H19FN4O/c26-24-16-21(10-9-20-6-2-1-3-7-20)11-12-23(24)25(17-30-15-14-27-19-30)29-31-18-22-8-4-5-13-28-22/h1-8,11-16,19H,17-18H2/b29-25+. The van der Waals surface area contributed by atoms with Gasteiger partial charge in [-0.2, -0.15) is 0 Å². The van der Waals surface area contributed by atoms with Gasteiger partial charge < -0.3 is 9.40 Å². The smallest absolute Gasteiger partial charge is 0.159 e. The molecule has 0 unspecified atom stereocenters. The van der Waals surface area contributed by atoms with Crippen LogP contribution < -0.4 is 0 Å². The van der Waals surface area contributed by atoms with Gasteiger partial charge >= 0.3 is 0 Å². The van der Waals surface area contributed by atoms with E-state index in [1.165, 1.54) is 6.07 Å². The van der Waals surface area contributed by atoms with E-state index in [1.54, 1.807) is 41.6 Å². The topological polar surface area (TPSA) is 52.3 Å². The first-order valence-electron chi connectivity index (χ1n) is 9.69. The Kier molecular flexibility index (Phi) is 6.46. The number of hydrogen-bond acceptors (Lipinski definition) is 4. The lowest BCUT2D eigenvalue weighted by atomic mass is 10.1. The van der Waals surface area contributed by atoms with Gasteiger partial charge in [-0.1, -0.05) is 41.3 Å². The number of oxime groups is 1. The monoisotopic (exact) mass is 410 g/mol. The molecule has 0 saturated heterocycles. The Labute approximate surface area is 179 Å². The molecule has 0 fully saturated rings. The van der Waals surface area contributed by atoms with Crippen molar-refractivity contribution in [3.8, 4) is 11.8 Å². The van der Waals surface area contributed by atoms with Crippen molar-refractivity contribution in [1.82, 2.24) is 14.5 Å². The van der Waals surface area contributed by atoms with Gasteiger partial charge in [-0.3, -0.25) is 4.98 Å². The zero-order valence-corrected chi connectivity index (χ0v) is 16.6. The third-order valence-electron chi connectivity index (χ3n) is 4.41. The van der Waals surface area contributed by atoms with E-state index in [9.17, 15) is 4.39 Å². The molecule has 4 aromatic rings. The fraction of sp³-hybridized carbons (Fsp3) is 0.0800. The Morgan fingerprint density at radius 3 is 2.55 bits per heavy atom. The van der Waals surface area contributed by atoms with Gasteiger partial charge in [0.1, 0.15) is 11.5 Å². The van der Waals surface area contributed by atoms with Crippen LogP contribution in [0.5, 0.6) is 0 Å². The number of benzene rings is 2. The molecule has 0 atom stereocenters. The molecule has 0 aliphatic carbocycles. The number of imidazole rings is 1. The third-order valence-corrected chi connectivity index (χ3v) is 4.41. The molecule has 2 heterocycles. The van der Waals surface area contributed by atoms with E-state index in [2.05, 4.69) is 27.0 Å². The molecule has 0 aliphatic heterocycles. The van der Waals surface area contributed by atoms with Crippen molar-refractivity contribution in [3.63, 3.8) is 0 Å². The molecule has 152 valence electrons. The van der Waals surface area contributed by atoms with Crippen molar-refractivity contribution in [1.29, 1.82) is 0 Å². The minimum Gasteiger partial charge on any atom is -0.389 e. The second-order valence-electron chi connectivity index (χ2n) is 6.68. The quantitative estimate of drug-likeness (QED) is 0.268. The summed E-state index contributed by atoms with van der Waals surface area (Å²) >= 11 is 0. The minimum absolute atomic E-state index is 0.191. The highest BCUT2D eigenvalue weighted by molar-refractivity contribution is 6.00. The van der Waals surface area contributed by atoms with Crippen LogP contribution >= 0.6 is 0 Å². The zero-order valence-electron chi connectivity index (χ0n) is 16.6. The summed E-state index contributed by atoms with van der Waals surface area (Å²) in [5.41, 5.74) is 2.98. The molecule has 0 bridgehead atoms. The molecule has 4 rings (SSSR count). The average molecular weight is 410 g/mol. The van der Waals surface area contributed by atoms with Crippen LogP contribution in [0, 0.1) is 17.7 Å². The molecule has 31 heavy (non-hydrogen) atoms. The van der Waals surface area contributed by atoms with Gasteiger partial charge in [-0.05, 0) is 42.5 Å². The van der Waals surface area contributed by atoms with Gasteiger partial charge in [0.2, 0.25) is 0 Å². The SMILES string of the molecule is Fc1cc(C#Cc2ccccc2)ccc1/C(Cn1ccnc1)=N/OCc1ccccn1. The molecule has 2 aromatic carbocycles. The van der Waals surface area contributed by atoms with Crippen LogP contribution in [-0.4, -0.2) is 20.2 Å². The highest BCUT2D eigenvalue weighted by atomic mass is 19.1. The molecular formula is C25H19FN4O. The summed E-state index contributed by atoms with van der Waals surface area (Å²) in [5.74, 6) is 5.61. The molecule has 2 aromatic heterocycles. The Hall–Kier alpha value is -4.24. The van der Waals surface area contributed by atoms with Crippen LogP contribution in [0.2, 0.25) is 0 Å². The molecule has 0 amide bonds. The highest BCUT2D eigenvalue weighted by Gasteiger charge is 2.12. The molecule has 0 radical (unpaired) electrons. The maximum atomic E-state index is 15.0. The van der Waals surface area contributed by atoms with Crippen molar-refractivity contribution in [2.24, 2.45) is 5.16 Å². The van der Waals surface area contributed by atoms with Gasteiger partial charge in [-0.15, -0.1) is 0 Å². The molecule has 6 heteroatoms. The van der Waals surface area contributed by atoms with E-state index < -0.39 is 5.82 Å².